The Kier molecular flexibility index (Phi) is 6.08. The zero-order valence-electron chi connectivity index (χ0n) is 10.2. The van der Waals surface area contributed by atoms with Crippen molar-refractivity contribution in [3.63, 3.8) is 0 Å². The number of likely N-dealkylation sites (N-methyl/N-ethyl adjacent to an activating group) is 1. The minimum atomic E-state index is -0.702. The monoisotopic (exact) mass is 335 g/mol. The number of aliphatic hydroxyl groups excluding tert-OH is 1. The molecule has 1 aromatic carbocycles. The van der Waals surface area contributed by atoms with Gasteiger partial charge in [0.1, 0.15) is 0 Å². The summed E-state index contributed by atoms with van der Waals surface area (Å²) in [5.74, 6) is -0.201. The number of rotatable bonds is 5. The standard InChI is InChI=1S/C12H15BrClNO3/c1-15(6-11(16)7-18-2)12(17)8-3-9(13)5-10(14)4-8/h3-5,11,16H,6-7H2,1-2H3. The van der Waals surface area contributed by atoms with Crippen LogP contribution in [0.1, 0.15) is 10.4 Å². The lowest BCUT2D eigenvalue weighted by Gasteiger charge is -2.20. The van der Waals surface area contributed by atoms with E-state index in [-0.39, 0.29) is 19.1 Å². The summed E-state index contributed by atoms with van der Waals surface area (Å²) < 4.78 is 5.55. The van der Waals surface area contributed by atoms with Crippen LogP contribution >= 0.6 is 27.5 Å². The van der Waals surface area contributed by atoms with Crippen molar-refractivity contribution in [2.24, 2.45) is 0 Å². The number of benzene rings is 1. The number of nitrogens with zero attached hydrogens (tertiary/aromatic N) is 1. The number of methoxy groups -OCH3 is 1. The first-order valence-electron chi connectivity index (χ1n) is 5.32. The molecule has 0 aliphatic carbocycles. The van der Waals surface area contributed by atoms with E-state index < -0.39 is 6.10 Å². The molecule has 0 aliphatic heterocycles. The van der Waals surface area contributed by atoms with Crippen molar-refractivity contribution >= 4 is 33.4 Å². The number of aliphatic hydroxyl groups is 1. The van der Waals surface area contributed by atoms with Gasteiger partial charge in [-0.05, 0) is 18.2 Å². The third-order valence-corrected chi connectivity index (χ3v) is 2.98. The van der Waals surface area contributed by atoms with Gasteiger partial charge in [-0.25, -0.2) is 0 Å². The molecular formula is C12H15BrClNO3. The minimum absolute atomic E-state index is 0.191. The quantitative estimate of drug-likeness (QED) is 0.896. The Morgan fingerprint density at radius 2 is 2.22 bits per heavy atom. The van der Waals surface area contributed by atoms with Crippen LogP contribution in [0.15, 0.2) is 22.7 Å². The number of ether oxygens (including phenoxy) is 1. The molecule has 1 aromatic rings. The van der Waals surface area contributed by atoms with Crippen molar-refractivity contribution in [3.8, 4) is 0 Å². The first-order valence-corrected chi connectivity index (χ1v) is 6.49. The maximum absolute atomic E-state index is 12.1. The molecule has 4 nitrogen and oxygen atoms in total. The molecule has 0 spiro atoms. The molecule has 1 atom stereocenters. The average molecular weight is 337 g/mol. The first kappa shape index (κ1) is 15.4. The van der Waals surface area contributed by atoms with Crippen LogP contribution in [-0.2, 0) is 4.74 Å². The van der Waals surface area contributed by atoms with Gasteiger partial charge in [0.05, 0.1) is 12.7 Å². The Balaban J connectivity index is 2.74. The molecule has 18 heavy (non-hydrogen) atoms. The van der Waals surface area contributed by atoms with Gasteiger partial charge in [-0.3, -0.25) is 4.79 Å². The van der Waals surface area contributed by atoms with Crippen LogP contribution in [0.25, 0.3) is 0 Å². The van der Waals surface area contributed by atoms with Crippen LogP contribution in [0.3, 0.4) is 0 Å². The van der Waals surface area contributed by atoms with E-state index in [0.29, 0.717) is 10.6 Å². The summed E-state index contributed by atoms with van der Waals surface area (Å²) in [6.45, 7) is 0.396. The lowest BCUT2D eigenvalue weighted by Crippen LogP contribution is -2.36. The Morgan fingerprint density at radius 1 is 1.56 bits per heavy atom. The third-order valence-electron chi connectivity index (χ3n) is 2.30. The zero-order valence-corrected chi connectivity index (χ0v) is 12.5. The lowest BCUT2D eigenvalue weighted by atomic mass is 10.2. The highest BCUT2D eigenvalue weighted by Gasteiger charge is 2.16. The van der Waals surface area contributed by atoms with Gasteiger partial charge >= 0.3 is 0 Å². The lowest BCUT2D eigenvalue weighted by molar-refractivity contribution is 0.0380. The molecule has 1 amide bonds. The summed E-state index contributed by atoms with van der Waals surface area (Å²) in [5.41, 5.74) is 0.474. The van der Waals surface area contributed by atoms with Crippen LogP contribution < -0.4 is 0 Å². The van der Waals surface area contributed by atoms with Gasteiger partial charge in [-0.15, -0.1) is 0 Å². The van der Waals surface area contributed by atoms with E-state index in [1.54, 1.807) is 25.2 Å². The molecule has 0 radical (unpaired) electrons. The summed E-state index contributed by atoms with van der Waals surface area (Å²) in [7, 11) is 3.12. The summed E-state index contributed by atoms with van der Waals surface area (Å²) in [6, 6.07) is 4.99. The number of halogens is 2. The molecule has 1 N–H and O–H groups in total. The molecule has 0 saturated heterocycles. The smallest absolute Gasteiger partial charge is 0.253 e. The molecule has 0 bridgehead atoms. The molecule has 0 fully saturated rings. The summed E-state index contributed by atoms with van der Waals surface area (Å²) in [5, 5.41) is 10.1. The number of hydrogen-bond acceptors (Lipinski definition) is 3. The molecule has 0 aromatic heterocycles. The maximum Gasteiger partial charge on any atom is 0.253 e. The van der Waals surface area contributed by atoms with E-state index in [4.69, 9.17) is 16.3 Å². The second kappa shape index (κ2) is 7.09. The van der Waals surface area contributed by atoms with Crippen LogP contribution in [0.5, 0.6) is 0 Å². The van der Waals surface area contributed by atoms with Gasteiger partial charge in [0.2, 0.25) is 0 Å². The van der Waals surface area contributed by atoms with Gasteiger partial charge in [0.15, 0.2) is 0 Å². The van der Waals surface area contributed by atoms with Crippen molar-refractivity contribution < 1.29 is 14.6 Å². The van der Waals surface area contributed by atoms with Crippen LogP contribution in [0.2, 0.25) is 5.02 Å². The van der Waals surface area contributed by atoms with Crippen molar-refractivity contribution in [1.82, 2.24) is 4.90 Å². The highest BCUT2D eigenvalue weighted by atomic mass is 79.9. The first-order chi connectivity index (χ1) is 8.43. The van der Waals surface area contributed by atoms with Crippen molar-refractivity contribution in [2.75, 3.05) is 27.3 Å². The predicted octanol–water partition coefficient (Wildman–Crippen LogP) is 2.18. The van der Waals surface area contributed by atoms with E-state index in [0.717, 1.165) is 4.47 Å². The fraction of sp³-hybridized carbons (Fsp3) is 0.417. The molecule has 0 saturated carbocycles. The molecule has 0 aliphatic rings. The third kappa shape index (κ3) is 4.57. The van der Waals surface area contributed by atoms with Crippen molar-refractivity contribution in [2.45, 2.75) is 6.10 Å². The van der Waals surface area contributed by atoms with Crippen molar-refractivity contribution in [1.29, 1.82) is 0 Å². The molecule has 6 heteroatoms. The molecule has 100 valence electrons. The molecule has 0 heterocycles. The zero-order chi connectivity index (χ0) is 13.7. The largest absolute Gasteiger partial charge is 0.389 e. The number of carbonyl (C=O) groups is 1. The fourth-order valence-electron chi connectivity index (χ4n) is 1.54. The fourth-order valence-corrected chi connectivity index (χ4v) is 2.40. The minimum Gasteiger partial charge on any atom is -0.389 e. The second-order valence-corrected chi connectivity index (χ2v) is 5.31. The van der Waals surface area contributed by atoms with E-state index >= 15 is 0 Å². The average Bonchev–Trinajstić information content (AvgIpc) is 2.26. The van der Waals surface area contributed by atoms with Crippen molar-refractivity contribution in [3.05, 3.63) is 33.3 Å². The maximum atomic E-state index is 12.1. The van der Waals surface area contributed by atoms with E-state index in [1.807, 2.05) is 0 Å². The van der Waals surface area contributed by atoms with Crippen LogP contribution in [0.4, 0.5) is 0 Å². The Hall–Kier alpha value is -0.620. The van der Waals surface area contributed by atoms with E-state index in [9.17, 15) is 9.90 Å². The van der Waals surface area contributed by atoms with Crippen LogP contribution in [-0.4, -0.2) is 49.3 Å². The Bertz CT molecular complexity index is 408. The van der Waals surface area contributed by atoms with Gasteiger partial charge in [-0.2, -0.15) is 0 Å². The van der Waals surface area contributed by atoms with Gasteiger partial charge < -0.3 is 14.7 Å². The molecule has 1 unspecified atom stereocenters. The van der Waals surface area contributed by atoms with Gasteiger partial charge in [0.25, 0.3) is 5.91 Å². The molecular weight excluding hydrogens is 321 g/mol. The Labute approximate surface area is 120 Å². The highest BCUT2D eigenvalue weighted by Crippen LogP contribution is 2.20. The number of amides is 1. The molecule has 1 rings (SSSR count). The van der Waals surface area contributed by atoms with Gasteiger partial charge in [0, 0.05) is 35.8 Å². The SMILES string of the molecule is COCC(O)CN(C)C(=O)c1cc(Cl)cc(Br)c1. The predicted molar refractivity (Wildman–Crippen MR) is 74.0 cm³/mol. The summed E-state index contributed by atoms with van der Waals surface area (Å²) >= 11 is 9.17. The van der Waals surface area contributed by atoms with Crippen LogP contribution in [0, 0.1) is 0 Å². The second-order valence-electron chi connectivity index (χ2n) is 3.95. The summed E-state index contributed by atoms with van der Waals surface area (Å²) in [4.78, 5) is 13.5. The number of carbonyl (C=O) groups excluding carboxylic acids is 1. The highest BCUT2D eigenvalue weighted by molar-refractivity contribution is 9.10. The topological polar surface area (TPSA) is 49.8 Å². The van der Waals surface area contributed by atoms with E-state index in [2.05, 4.69) is 15.9 Å². The normalized spacial score (nSPS) is 12.3. The number of hydrogen-bond donors (Lipinski definition) is 1. The summed E-state index contributed by atoms with van der Waals surface area (Å²) in [6.07, 6.45) is -0.702. The Morgan fingerprint density at radius 3 is 2.78 bits per heavy atom. The van der Waals surface area contributed by atoms with Gasteiger partial charge in [-0.1, -0.05) is 27.5 Å². The van der Waals surface area contributed by atoms with E-state index in [1.165, 1.54) is 12.0 Å².